The smallest absolute Gasteiger partial charge is 0.251 e. The lowest BCUT2D eigenvalue weighted by atomic mass is 10.0. The van der Waals surface area contributed by atoms with Crippen molar-refractivity contribution in [2.45, 2.75) is 32.4 Å². The molecule has 5 heteroatoms. The van der Waals surface area contributed by atoms with Crippen LogP contribution in [0.25, 0.3) is 0 Å². The fraction of sp³-hybridized carbons (Fsp3) is 0.194. The van der Waals surface area contributed by atoms with Crippen LogP contribution in [0.5, 0.6) is 11.5 Å². The summed E-state index contributed by atoms with van der Waals surface area (Å²) in [5.74, 6) is 1.65. The first-order chi connectivity index (χ1) is 17.6. The zero-order chi connectivity index (χ0) is 24.9. The van der Waals surface area contributed by atoms with Crippen LogP contribution in [0.3, 0.4) is 0 Å². The number of fused-ring (bicyclic) bond motifs is 1. The van der Waals surface area contributed by atoms with E-state index >= 15 is 0 Å². The summed E-state index contributed by atoms with van der Waals surface area (Å²) in [7, 11) is 0. The van der Waals surface area contributed by atoms with Crippen LogP contribution in [-0.2, 0) is 11.3 Å². The summed E-state index contributed by atoms with van der Waals surface area (Å²) < 4.78 is 11.2. The van der Waals surface area contributed by atoms with Crippen molar-refractivity contribution in [3.8, 4) is 11.5 Å². The molecule has 36 heavy (non-hydrogen) atoms. The molecule has 5 nitrogen and oxygen atoms in total. The van der Waals surface area contributed by atoms with E-state index in [4.69, 9.17) is 9.47 Å². The van der Waals surface area contributed by atoms with Crippen molar-refractivity contribution >= 4 is 17.3 Å². The molecule has 1 heterocycles. The molecule has 0 fully saturated rings. The summed E-state index contributed by atoms with van der Waals surface area (Å²) in [4.78, 5) is 16.1. The Labute approximate surface area is 212 Å². The molecule has 1 aliphatic heterocycles. The van der Waals surface area contributed by atoms with Crippen LogP contribution >= 0.6 is 0 Å². The highest BCUT2D eigenvalue weighted by Crippen LogP contribution is 2.38. The molecule has 0 unspecified atom stereocenters. The quantitative estimate of drug-likeness (QED) is 0.298. The molecular weight excluding hydrogens is 448 g/mol. The standard InChI is InChI=1S/C31H30N2O3/c1-22(2)24-13-16-26(17-14-24)32-31(34)30(25-15-18-28-29(19-25)36-21-35-28)33(27-11-7-4-8-12-27)20-23-9-5-3-6-10-23/h3-19,22,30H,20-21H2,1-2H3,(H,32,34)/t30-/m1/s1. The second kappa shape index (κ2) is 10.6. The highest BCUT2D eigenvalue weighted by atomic mass is 16.7. The average Bonchev–Trinajstić information content (AvgIpc) is 3.38. The lowest BCUT2D eigenvalue weighted by Crippen LogP contribution is -2.37. The summed E-state index contributed by atoms with van der Waals surface area (Å²) in [5, 5.41) is 3.16. The molecule has 1 aliphatic rings. The Kier molecular flexibility index (Phi) is 6.89. The fourth-order valence-electron chi connectivity index (χ4n) is 4.45. The molecule has 0 aliphatic carbocycles. The number of benzene rings is 4. The first-order valence-corrected chi connectivity index (χ1v) is 12.2. The molecule has 182 valence electrons. The number of nitrogens with one attached hydrogen (secondary N) is 1. The van der Waals surface area contributed by atoms with E-state index in [0.29, 0.717) is 24.0 Å². The number of rotatable bonds is 8. The molecule has 0 spiro atoms. The predicted molar refractivity (Wildman–Crippen MR) is 144 cm³/mol. The van der Waals surface area contributed by atoms with Gasteiger partial charge in [0.1, 0.15) is 6.04 Å². The summed E-state index contributed by atoms with van der Waals surface area (Å²) in [6.07, 6.45) is 0. The lowest BCUT2D eigenvalue weighted by Gasteiger charge is -2.33. The number of hydrogen-bond donors (Lipinski definition) is 1. The Balaban J connectivity index is 1.55. The second-order valence-electron chi connectivity index (χ2n) is 9.23. The van der Waals surface area contributed by atoms with Crippen LogP contribution in [-0.4, -0.2) is 12.7 Å². The molecular formula is C31H30N2O3. The van der Waals surface area contributed by atoms with Crippen molar-refractivity contribution in [2.75, 3.05) is 17.0 Å². The molecule has 0 saturated carbocycles. The van der Waals surface area contributed by atoms with Gasteiger partial charge in [-0.1, -0.05) is 80.6 Å². The van der Waals surface area contributed by atoms with Gasteiger partial charge in [-0.15, -0.1) is 0 Å². The molecule has 4 aromatic rings. The van der Waals surface area contributed by atoms with Gasteiger partial charge in [-0.2, -0.15) is 0 Å². The Morgan fingerprint density at radius 2 is 1.44 bits per heavy atom. The largest absolute Gasteiger partial charge is 0.454 e. The highest BCUT2D eigenvalue weighted by molar-refractivity contribution is 5.97. The maximum absolute atomic E-state index is 14.0. The van der Waals surface area contributed by atoms with Crippen LogP contribution in [0.15, 0.2) is 103 Å². The van der Waals surface area contributed by atoms with Crippen LogP contribution in [0.1, 0.15) is 42.5 Å². The third kappa shape index (κ3) is 5.20. The number of para-hydroxylation sites is 1. The van der Waals surface area contributed by atoms with Crippen molar-refractivity contribution in [1.82, 2.24) is 0 Å². The first kappa shape index (κ1) is 23.5. The number of nitrogens with zero attached hydrogens (tertiary/aromatic N) is 1. The number of carbonyl (C=O) groups is 1. The van der Waals surface area contributed by atoms with E-state index in [9.17, 15) is 4.79 Å². The van der Waals surface area contributed by atoms with Crippen molar-refractivity contribution < 1.29 is 14.3 Å². The zero-order valence-electron chi connectivity index (χ0n) is 20.6. The number of anilines is 2. The van der Waals surface area contributed by atoms with E-state index in [1.165, 1.54) is 5.56 Å². The number of carbonyl (C=O) groups excluding carboxylic acids is 1. The van der Waals surface area contributed by atoms with Gasteiger partial charge in [0.25, 0.3) is 5.91 Å². The van der Waals surface area contributed by atoms with E-state index in [1.807, 2.05) is 78.9 Å². The third-order valence-corrected chi connectivity index (χ3v) is 6.40. The van der Waals surface area contributed by atoms with Crippen LogP contribution in [0, 0.1) is 0 Å². The predicted octanol–water partition coefficient (Wildman–Crippen LogP) is 6.93. The van der Waals surface area contributed by atoms with Gasteiger partial charge in [-0.25, -0.2) is 0 Å². The van der Waals surface area contributed by atoms with Crippen molar-refractivity contribution in [1.29, 1.82) is 0 Å². The average molecular weight is 479 g/mol. The van der Waals surface area contributed by atoms with Crippen LogP contribution in [0.2, 0.25) is 0 Å². The van der Waals surface area contributed by atoms with Gasteiger partial charge in [0, 0.05) is 17.9 Å². The first-order valence-electron chi connectivity index (χ1n) is 12.2. The van der Waals surface area contributed by atoms with Gasteiger partial charge in [0.05, 0.1) is 0 Å². The molecule has 0 aromatic heterocycles. The molecule has 1 atom stereocenters. The van der Waals surface area contributed by atoms with Crippen molar-refractivity contribution in [3.05, 3.63) is 120 Å². The van der Waals surface area contributed by atoms with Gasteiger partial charge in [0.15, 0.2) is 11.5 Å². The van der Waals surface area contributed by atoms with Gasteiger partial charge < -0.3 is 19.7 Å². The van der Waals surface area contributed by atoms with Gasteiger partial charge >= 0.3 is 0 Å². The molecule has 5 rings (SSSR count). The summed E-state index contributed by atoms with van der Waals surface area (Å²) >= 11 is 0. The van der Waals surface area contributed by atoms with E-state index in [2.05, 4.69) is 48.3 Å². The van der Waals surface area contributed by atoms with Crippen LogP contribution < -0.4 is 19.7 Å². The van der Waals surface area contributed by atoms with Crippen LogP contribution in [0.4, 0.5) is 11.4 Å². The zero-order valence-corrected chi connectivity index (χ0v) is 20.6. The second-order valence-corrected chi connectivity index (χ2v) is 9.23. The summed E-state index contributed by atoms with van der Waals surface area (Å²) in [5.41, 5.74) is 4.89. The molecule has 1 N–H and O–H groups in total. The third-order valence-electron chi connectivity index (χ3n) is 6.40. The van der Waals surface area contributed by atoms with Crippen molar-refractivity contribution in [2.24, 2.45) is 0 Å². The monoisotopic (exact) mass is 478 g/mol. The Hall–Kier alpha value is -4.25. The lowest BCUT2D eigenvalue weighted by molar-refractivity contribution is -0.117. The number of amides is 1. The Morgan fingerprint density at radius 1 is 0.806 bits per heavy atom. The highest BCUT2D eigenvalue weighted by Gasteiger charge is 2.30. The van der Waals surface area contributed by atoms with E-state index < -0.39 is 6.04 Å². The molecule has 1 amide bonds. The number of hydrogen-bond acceptors (Lipinski definition) is 4. The minimum Gasteiger partial charge on any atom is -0.454 e. The Morgan fingerprint density at radius 3 is 2.14 bits per heavy atom. The Bertz CT molecular complexity index is 1300. The SMILES string of the molecule is CC(C)c1ccc(NC(=O)[C@@H](c2ccc3c(c2)OCO3)N(Cc2ccccc2)c2ccccc2)cc1. The maximum atomic E-state index is 14.0. The minimum absolute atomic E-state index is 0.119. The fourth-order valence-corrected chi connectivity index (χ4v) is 4.45. The summed E-state index contributed by atoms with van der Waals surface area (Å²) in [6.45, 7) is 5.06. The van der Waals surface area contributed by atoms with Gasteiger partial charge in [0.2, 0.25) is 6.79 Å². The number of ether oxygens (including phenoxy) is 2. The van der Waals surface area contributed by atoms with E-state index in [1.54, 1.807) is 0 Å². The maximum Gasteiger partial charge on any atom is 0.251 e. The van der Waals surface area contributed by atoms with E-state index in [-0.39, 0.29) is 12.7 Å². The van der Waals surface area contributed by atoms with Crippen molar-refractivity contribution in [3.63, 3.8) is 0 Å². The normalized spacial score (nSPS) is 12.9. The molecule has 0 bridgehead atoms. The van der Waals surface area contributed by atoms with Gasteiger partial charge in [-0.05, 0) is 59.0 Å². The summed E-state index contributed by atoms with van der Waals surface area (Å²) in [6, 6.07) is 33.4. The molecule has 0 saturated heterocycles. The van der Waals surface area contributed by atoms with E-state index in [0.717, 1.165) is 22.5 Å². The topological polar surface area (TPSA) is 50.8 Å². The molecule has 0 radical (unpaired) electrons. The minimum atomic E-state index is -0.605. The van der Waals surface area contributed by atoms with Gasteiger partial charge in [-0.3, -0.25) is 4.79 Å². The molecule has 4 aromatic carbocycles.